The molecule has 2 nitrogen and oxygen atoms in total. The standard InChI is InChI=1S/C18H23BrN2S/c1-2-14-8-9-17(22-14)18(15-6-3-4-7-16(15)19)21-12-5-10-20-11-13-21/h3-4,6-9,18,20H,2,5,10-13H2,1H3. The van der Waals surface area contributed by atoms with Crippen molar-refractivity contribution in [3.63, 3.8) is 0 Å². The molecule has 118 valence electrons. The van der Waals surface area contributed by atoms with E-state index in [0.29, 0.717) is 6.04 Å². The fourth-order valence-corrected chi connectivity index (χ4v) is 4.69. The van der Waals surface area contributed by atoms with Gasteiger partial charge in [-0.25, -0.2) is 0 Å². The number of aryl methyl sites for hydroxylation is 1. The molecule has 0 spiro atoms. The van der Waals surface area contributed by atoms with Crippen molar-refractivity contribution in [1.82, 2.24) is 10.2 Å². The number of thiophene rings is 1. The van der Waals surface area contributed by atoms with Gasteiger partial charge >= 0.3 is 0 Å². The van der Waals surface area contributed by atoms with Gasteiger partial charge in [0, 0.05) is 33.9 Å². The number of hydrogen-bond donors (Lipinski definition) is 1. The van der Waals surface area contributed by atoms with Crippen LogP contribution in [0.15, 0.2) is 40.9 Å². The Morgan fingerprint density at radius 3 is 2.82 bits per heavy atom. The molecule has 0 bridgehead atoms. The Morgan fingerprint density at radius 1 is 1.18 bits per heavy atom. The summed E-state index contributed by atoms with van der Waals surface area (Å²) in [6.45, 7) is 6.69. The fraction of sp³-hybridized carbons (Fsp3) is 0.444. The minimum absolute atomic E-state index is 0.362. The van der Waals surface area contributed by atoms with Gasteiger partial charge in [-0.05, 0) is 43.1 Å². The molecule has 1 aliphatic rings. The summed E-state index contributed by atoms with van der Waals surface area (Å²) in [5.74, 6) is 0. The van der Waals surface area contributed by atoms with Crippen molar-refractivity contribution in [2.24, 2.45) is 0 Å². The van der Waals surface area contributed by atoms with Crippen LogP contribution in [0.4, 0.5) is 0 Å². The molecule has 1 aromatic heterocycles. The Bertz CT molecular complexity index is 603. The molecule has 1 saturated heterocycles. The van der Waals surface area contributed by atoms with Gasteiger partial charge in [-0.1, -0.05) is 41.1 Å². The highest BCUT2D eigenvalue weighted by Gasteiger charge is 2.26. The lowest BCUT2D eigenvalue weighted by Crippen LogP contribution is -2.32. The second-order valence-corrected chi connectivity index (χ2v) is 7.78. The zero-order chi connectivity index (χ0) is 15.4. The average molecular weight is 379 g/mol. The minimum atomic E-state index is 0.362. The van der Waals surface area contributed by atoms with Gasteiger partial charge in [0.2, 0.25) is 0 Å². The number of benzene rings is 1. The summed E-state index contributed by atoms with van der Waals surface area (Å²) in [5.41, 5.74) is 1.38. The van der Waals surface area contributed by atoms with Crippen LogP contribution in [-0.2, 0) is 6.42 Å². The predicted molar refractivity (Wildman–Crippen MR) is 98.7 cm³/mol. The van der Waals surface area contributed by atoms with Gasteiger partial charge in [-0.15, -0.1) is 11.3 Å². The maximum absolute atomic E-state index is 3.77. The van der Waals surface area contributed by atoms with E-state index in [4.69, 9.17) is 0 Å². The van der Waals surface area contributed by atoms with Crippen LogP contribution in [0.2, 0.25) is 0 Å². The molecule has 0 saturated carbocycles. The maximum Gasteiger partial charge on any atom is 0.0707 e. The lowest BCUT2D eigenvalue weighted by Gasteiger charge is -2.31. The van der Waals surface area contributed by atoms with Gasteiger partial charge in [0.15, 0.2) is 0 Å². The summed E-state index contributed by atoms with van der Waals surface area (Å²) in [7, 11) is 0. The third kappa shape index (κ3) is 3.62. The molecule has 2 heterocycles. The van der Waals surface area contributed by atoms with E-state index >= 15 is 0 Å². The molecule has 1 atom stereocenters. The molecule has 1 aromatic carbocycles. The van der Waals surface area contributed by atoms with Gasteiger partial charge in [-0.3, -0.25) is 4.90 Å². The van der Waals surface area contributed by atoms with Crippen molar-refractivity contribution in [1.29, 1.82) is 0 Å². The molecule has 1 unspecified atom stereocenters. The molecular formula is C18H23BrN2S. The topological polar surface area (TPSA) is 15.3 Å². The molecule has 0 aliphatic carbocycles. The SMILES string of the molecule is CCc1ccc(C(c2ccccc2Br)N2CCCNCC2)s1. The van der Waals surface area contributed by atoms with E-state index in [1.807, 2.05) is 11.3 Å². The van der Waals surface area contributed by atoms with Gasteiger partial charge in [-0.2, -0.15) is 0 Å². The Hall–Kier alpha value is -0.680. The Morgan fingerprint density at radius 2 is 2.05 bits per heavy atom. The van der Waals surface area contributed by atoms with Crippen molar-refractivity contribution in [2.45, 2.75) is 25.8 Å². The molecule has 1 aliphatic heterocycles. The van der Waals surface area contributed by atoms with E-state index in [1.165, 1.54) is 26.2 Å². The Kier molecular flexibility index (Phi) is 5.69. The lowest BCUT2D eigenvalue weighted by molar-refractivity contribution is 0.243. The highest BCUT2D eigenvalue weighted by molar-refractivity contribution is 9.10. The first-order chi connectivity index (χ1) is 10.8. The normalized spacial score (nSPS) is 18.1. The van der Waals surface area contributed by atoms with E-state index < -0.39 is 0 Å². The molecule has 0 amide bonds. The van der Waals surface area contributed by atoms with E-state index in [9.17, 15) is 0 Å². The van der Waals surface area contributed by atoms with Gasteiger partial charge in [0.1, 0.15) is 0 Å². The number of halogens is 1. The highest BCUT2D eigenvalue weighted by atomic mass is 79.9. The second-order valence-electron chi connectivity index (χ2n) is 5.72. The van der Waals surface area contributed by atoms with Crippen LogP contribution >= 0.6 is 27.3 Å². The number of hydrogen-bond acceptors (Lipinski definition) is 3. The van der Waals surface area contributed by atoms with Crippen molar-refractivity contribution in [2.75, 3.05) is 26.2 Å². The van der Waals surface area contributed by atoms with Crippen molar-refractivity contribution >= 4 is 27.3 Å². The Balaban J connectivity index is 1.99. The third-order valence-electron chi connectivity index (χ3n) is 4.24. The van der Waals surface area contributed by atoms with Crippen molar-refractivity contribution < 1.29 is 0 Å². The largest absolute Gasteiger partial charge is 0.315 e. The third-order valence-corrected chi connectivity index (χ3v) is 6.24. The first-order valence-electron chi connectivity index (χ1n) is 8.07. The molecule has 1 fully saturated rings. The average Bonchev–Trinajstić information content (AvgIpc) is 2.84. The van der Waals surface area contributed by atoms with Crippen LogP contribution < -0.4 is 5.32 Å². The van der Waals surface area contributed by atoms with E-state index in [2.05, 4.69) is 69.5 Å². The molecule has 22 heavy (non-hydrogen) atoms. The summed E-state index contributed by atoms with van der Waals surface area (Å²) in [4.78, 5) is 5.57. The van der Waals surface area contributed by atoms with Crippen molar-refractivity contribution in [3.8, 4) is 0 Å². The summed E-state index contributed by atoms with van der Waals surface area (Å²) in [5, 5.41) is 3.52. The zero-order valence-electron chi connectivity index (χ0n) is 13.0. The molecule has 1 N–H and O–H groups in total. The smallest absolute Gasteiger partial charge is 0.0707 e. The second kappa shape index (κ2) is 7.73. The monoisotopic (exact) mass is 378 g/mol. The first kappa shape index (κ1) is 16.2. The molecule has 4 heteroatoms. The quantitative estimate of drug-likeness (QED) is 0.844. The van der Waals surface area contributed by atoms with Crippen LogP contribution in [0, 0.1) is 0 Å². The first-order valence-corrected chi connectivity index (χ1v) is 9.68. The van der Waals surface area contributed by atoms with E-state index in [1.54, 1.807) is 0 Å². The summed E-state index contributed by atoms with van der Waals surface area (Å²) >= 11 is 5.73. The van der Waals surface area contributed by atoms with Crippen molar-refractivity contribution in [3.05, 3.63) is 56.2 Å². The molecular weight excluding hydrogens is 356 g/mol. The minimum Gasteiger partial charge on any atom is -0.315 e. The molecule has 3 rings (SSSR count). The van der Waals surface area contributed by atoms with Gasteiger partial charge in [0.25, 0.3) is 0 Å². The van der Waals surface area contributed by atoms with Crippen LogP contribution in [0.1, 0.15) is 34.7 Å². The highest BCUT2D eigenvalue weighted by Crippen LogP contribution is 2.37. The van der Waals surface area contributed by atoms with Crippen LogP contribution in [0.5, 0.6) is 0 Å². The maximum atomic E-state index is 3.77. The number of nitrogens with zero attached hydrogens (tertiary/aromatic N) is 1. The summed E-state index contributed by atoms with van der Waals surface area (Å²) < 4.78 is 1.21. The van der Waals surface area contributed by atoms with Gasteiger partial charge < -0.3 is 5.32 Å². The number of rotatable bonds is 4. The van der Waals surface area contributed by atoms with Crippen LogP contribution in [0.25, 0.3) is 0 Å². The van der Waals surface area contributed by atoms with E-state index in [0.717, 1.165) is 32.6 Å². The predicted octanol–water partition coefficient (Wildman–Crippen LogP) is 4.46. The molecule has 2 aromatic rings. The van der Waals surface area contributed by atoms with Gasteiger partial charge in [0.05, 0.1) is 6.04 Å². The fourth-order valence-electron chi connectivity index (χ4n) is 3.08. The van der Waals surface area contributed by atoms with E-state index in [-0.39, 0.29) is 0 Å². The lowest BCUT2D eigenvalue weighted by atomic mass is 10.0. The Labute approximate surface area is 145 Å². The molecule has 0 radical (unpaired) electrons. The zero-order valence-corrected chi connectivity index (χ0v) is 15.4. The summed E-state index contributed by atoms with van der Waals surface area (Å²) in [6.07, 6.45) is 2.34. The number of nitrogens with one attached hydrogen (secondary N) is 1. The van der Waals surface area contributed by atoms with Crippen LogP contribution in [0.3, 0.4) is 0 Å². The van der Waals surface area contributed by atoms with Crippen LogP contribution in [-0.4, -0.2) is 31.1 Å². The summed E-state index contributed by atoms with van der Waals surface area (Å²) in [6, 6.07) is 13.6.